The van der Waals surface area contributed by atoms with Crippen LogP contribution in [-0.2, 0) is 32.0 Å². The van der Waals surface area contributed by atoms with Crippen LogP contribution in [-0.4, -0.2) is 64.2 Å². The first-order chi connectivity index (χ1) is 21.0. The Morgan fingerprint density at radius 3 is 1.42 bits per heavy atom. The van der Waals surface area contributed by atoms with Crippen LogP contribution in [0.5, 0.6) is 0 Å². The molecule has 0 aromatic carbocycles. The van der Waals surface area contributed by atoms with E-state index in [1.165, 1.54) is 0 Å². The molecular weight excluding hydrogens is 604 g/mol. The molecule has 0 fully saturated rings. The van der Waals surface area contributed by atoms with E-state index in [1.54, 1.807) is 30.4 Å². The van der Waals surface area contributed by atoms with Crippen LogP contribution in [0, 0.1) is 0 Å². The summed E-state index contributed by atoms with van der Waals surface area (Å²) in [6.45, 7) is 0. The number of carbonyl (C=O) groups is 4. The van der Waals surface area contributed by atoms with Gasteiger partial charge in [-0.3, -0.25) is 19.2 Å². The van der Waals surface area contributed by atoms with E-state index in [9.17, 15) is 39.6 Å². The number of carboxylic acid groups (broad SMARTS) is 4. The van der Waals surface area contributed by atoms with Gasteiger partial charge in [0.1, 0.15) is 0 Å². The van der Waals surface area contributed by atoms with Gasteiger partial charge in [0.2, 0.25) is 0 Å². The van der Waals surface area contributed by atoms with E-state index in [1.807, 2.05) is 18.2 Å². The maximum atomic E-state index is 11.4. The summed E-state index contributed by atoms with van der Waals surface area (Å²) in [6, 6.07) is 10.8. The van der Waals surface area contributed by atoms with E-state index >= 15 is 0 Å². The predicted octanol–water partition coefficient (Wildman–Crippen LogP) is 5.58. The standard InChI is InChI=1S/C32H30N4O8.ClH/c37-29(38)5-1-17-9-21-14-26-19(3-7-31(41)42)11-23(35-26)16-28-20(4-8-32(43)44)12-24(36-28)15-27-18(2-6-30(39)40)10-22(34-27)13-25(17)33-21;/h9-16,33-34H,1-8H2,(H,37,38)(H,39,40)(H,41,42)(H,43,44);1H. The van der Waals surface area contributed by atoms with Crippen LogP contribution in [0.25, 0.3) is 45.4 Å². The molecule has 0 saturated heterocycles. The third-order valence-corrected chi connectivity index (χ3v) is 7.31. The van der Waals surface area contributed by atoms with Gasteiger partial charge >= 0.3 is 23.9 Å². The molecule has 0 amide bonds. The van der Waals surface area contributed by atoms with Crippen molar-refractivity contribution in [1.82, 2.24) is 19.9 Å². The third kappa shape index (κ3) is 8.45. The third-order valence-electron chi connectivity index (χ3n) is 7.31. The Morgan fingerprint density at radius 1 is 0.533 bits per heavy atom. The van der Waals surface area contributed by atoms with Crippen LogP contribution in [0.15, 0.2) is 36.4 Å². The molecule has 2 aliphatic rings. The highest BCUT2D eigenvalue weighted by molar-refractivity contribution is 5.89. The number of aliphatic carboxylic acids is 4. The number of hydrogen-bond acceptors (Lipinski definition) is 6. The molecule has 13 heteroatoms. The Kier molecular flexibility index (Phi) is 10.2. The van der Waals surface area contributed by atoms with Gasteiger partial charge in [0.05, 0.1) is 22.8 Å². The average Bonchev–Trinajstić information content (AvgIpc) is 3.70. The fraction of sp³-hybridized carbons (Fsp3) is 0.250. The fourth-order valence-corrected chi connectivity index (χ4v) is 5.25. The Balaban J connectivity index is 0.00000461. The first-order valence-electron chi connectivity index (χ1n) is 14.1. The number of aryl methyl sites for hydroxylation is 2. The molecule has 0 radical (unpaired) electrons. The van der Waals surface area contributed by atoms with Crippen molar-refractivity contribution >= 4 is 81.6 Å². The predicted molar refractivity (Wildman–Crippen MR) is 170 cm³/mol. The van der Waals surface area contributed by atoms with Crippen LogP contribution >= 0.6 is 12.4 Å². The molecule has 5 heterocycles. The number of nitrogens with one attached hydrogen (secondary N) is 2. The lowest BCUT2D eigenvalue weighted by atomic mass is 10.1. The van der Waals surface area contributed by atoms with Crippen molar-refractivity contribution in [3.8, 4) is 0 Å². The van der Waals surface area contributed by atoms with Crippen molar-refractivity contribution in [3.63, 3.8) is 0 Å². The average molecular weight is 635 g/mol. The van der Waals surface area contributed by atoms with Crippen molar-refractivity contribution in [1.29, 1.82) is 0 Å². The maximum absolute atomic E-state index is 11.4. The lowest BCUT2D eigenvalue weighted by molar-refractivity contribution is -0.138. The normalized spacial score (nSPS) is 12.2. The molecular formula is C32H31ClN4O8. The molecule has 0 spiro atoms. The summed E-state index contributed by atoms with van der Waals surface area (Å²) in [6.07, 6.45) is 4.18. The largest absolute Gasteiger partial charge is 0.481 e. The smallest absolute Gasteiger partial charge is 0.303 e. The quantitative estimate of drug-likeness (QED) is 0.146. The topological polar surface area (TPSA) is 207 Å². The lowest BCUT2D eigenvalue weighted by Gasteiger charge is -1.98. The minimum absolute atomic E-state index is 0. The number of aromatic amines is 2. The summed E-state index contributed by atoms with van der Waals surface area (Å²) in [7, 11) is 0. The number of carboxylic acids is 4. The van der Waals surface area contributed by atoms with E-state index in [0.717, 1.165) is 11.1 Å². The van der Waals surface area contributed by atoms with Crippen LogP contribution in [0.4, 0.5) is 0 Å². The van der Waals surface area contributed by atoms with Crippen molar-refractivity contribution in [2.24, 2.45) is 0 Å². The SMILES string of the molecule is Cl.O=C(O)CCC1=Cc2cc3[nH]c(cc3CCC(=O)O)cc3[nH]c(cc4nc(cc1n2)C=C4CCC(=O)O)cc3CCC(=O)O. The molecule has 3 aromatic rings. The monoisotopic (exact) mass is 634 g/mol. The molecule has 6 N–H and O–H groups in total. The number of fused-ring (bicyclic) bond motifs is 8. The van der Waals surface area contributed by atoms with Crippen molar-refractivity contribution in [2.45, 2.75) is 51.4 Å². The Labute approximate surface area is 262 Å². The van der Waals surface area contributed by atoms with Crippen molar-refractivity contribution in [2.75, 3.05) is 0 Å². The lowest BCUT2D eigenvalue weighted by Crippen LogP contribution is -1.96. The Morgan fingerprint density at radius 2 is 0.933 bits per heavy atom. The molecule has 0 atom stereocenters. The van der Waals surface area contributed by atoms with Crippen LogP contribution in [0.2, 0.25) is 0 Å². The first kappa shape index (κ1) is 32.7. The Bertz CT molecular complexity index is 1900. The molecule has 2 aliphatic heterocycles. The van der Waals surface area contributed by atoms with Gasteiger partial charge in [-0.1, -0.05) is 0 Å². The van der Waals surface area contributed by atoms with Gasteiger partial charge in [-0.05, 0) is 96.5 Å². The number of H-pyrrole nitrogens is 2. The molecule has 234 valence electrons. The number of halogens is 1. The molecule has 45 heavy (non-hydrogen) atoms. The van der Waals surface area contributed by atoms with Crippen molar-refractivity contribution in [3.05, 3.63) is 70.3 Å². The van der Waals surface area contributed by atoms with E-state index in [4.69, 9.17) is 9.97 Å². The van der Waals surface area contributed by atoms with Crippen LogP contribution < -0.4 is 0 Å². The van der Waals surface area contributed by atoms with Gasteiger partial charge in [-0.15, -0.1) is 12.4 Å². The fourth-order valence-electron chi connectivity index (χ4n) is 5.25. The van der Waals surface area contributed by atoms with Crippen LogP contribution in [0.1, 0.15) is 72.4 Å². The van der Waals surface area contributed by atoms with E-state index < -0.39 is 23.9 Å². The zero-order chi connectivity index (χ0) is 31.4. The van der Waals surface area contributed by atoms with Gasteiger partial charge in [0.25, 0.3) is 0 Å². The molecule has 0 saturated carbocycles. The van der Waals surface area contributed by atoms with Crippen molar-refractivity contribution < 1.29 is 39.6 Å². The van der Waals surface area contributed by atoms with E-state index in [-0.39, 0.29) is 63.8 Å². The summed E-state index contributed by atoms with van der Waals surface area (Å²) in [5.41, 5.74) is 7.67. The molecule has 0 aliphatic carbocycles. The van der Waals surface area contributed by atoms with Gasteiger partial charge in [0, 0.05) is 47.8 Å². The first-order valence-corrected chi connectivity index (χ1v) is 14.1. The van der Waals surface area contributed by atoms with Gasteiger partial charge in [-0.25, -0.2) is 9.97 Å². The van der Waals surface area contributed by atoms with E-state index in [2.05, 4.69) is 9.97 Å². The van der Waals surface area contributed by atoms with Gasteiger partial charge in [-0.2, -0.15) is 0 Å². The summed E-state index contributed by atoms with van der Waals surface area (Å²) >= 11 is 0. The number of allylic oxidation sites excluding steroid dienone is 2. The maximum Gasteiger partial charge on any atom is 0.303 e. The minimum atomic E-state index is -0.950. The van der Waals surface area contributed by atoms with E-state index in [0.29, 0.717) is 56.0 Å². The second-order valence-corrected chi connectivity index (χ2v) is 10.7. The highest BCUT2D eigenvalue weighted by atomic mass is 35.5. The second-order valence-electron chi connectivity index (χ2n) is 10.7. The minimum Gasteiger partial charge on any atom is -0.481 e. The molecule has 5 rings (SSSR count). The number of nitrogens with zero attached hydrogens (tertiary/aromatic N) is 2. The molecule has 8 bridgehead atoms. The zero-order valence-electron chi connectivity index (χ0n) is 24.0. The molecule has 12 nitrogen and oxygen atoms in total. The summed E-state index contributed by atoms with van der Waals surface area (Å²) in [5, 5.41) is 37.2. The summed E-state index contributed by atoms with van der Waals surface area (Å²) in [5.74, 6) is -3.78. The van der Waals surface area contributed by atoms with Gasteiger partial charge < -0.3 is 30.4 Å². The highest BCUT2D eigenvalue weighted by Crippen LogP contribution is 2.31. The summed E-state index contributed by atoms with van der Waals surface area (Å²) < 4.78 is 0. The zero-order valence-corrected chi connectivity index (χ0v) is 24.8. The number of hydrogen-bond donors (Lipinski definition) is 6. The highest BCUT2D eigenvalue weighted by Gasteiger charge is 2.17. The Hall–Kier alpha value is -5.23. The van der Waals surface area contributed by atoms with Gasteiger partial charge in [0.15, 0.2) is 0 Å². The summed E-state index contributed by atoms with van der Waals surface area (Å²) in [4.78, 5) is 61.6. The number of aromatic nitrogens is 4. The van der Waals surface area contributed by atoms with Crippen LogP contribution in [0.3, 0.4) is 0 Å². The number of rotatable bonds is 12. The molecule has 3 aromatic heterocycles. The molecule has 0 unspecified atom stereocenters. The second kappa shape index (κ2) is 14.0.